The maximum atomic E-state index is 13.1. The Labute approximate surface area is 144 Å². The second-order valence-electron chi connectivity index (χ2n) is 7.18. The first-order chi connectivity index (χ1) is 11.5. The van der Waals surface area contributed by atoms with Gasteiger partial charge in [0, 0.05) is 18.8 Å². The van der Waals surface area contributed by atoms with Gasteiger partial charge in [0.15, 0.2) is 0 Å². The van der Waals surface area contributed by atoms with E-state index in [1.54, 1.807) is 0 Å². The number of rotatable bonds is 6. The monoisotopic (exact) mass is 329 g/mol. The first-order valence-electron chi connectivity index (χ1n) is 8.87. The van der Waals surface area contributed by atoms with Crippen LogP contribution < -0.4 is 10.2 Å². The van der Waals surface area contributed by atoms with Crippen molar-refractivity contribution in [3.05, 3.63) is 29.8 Å². The normalized spacial score (nSPS) is 18.2. The number of nitrogens with zero attached hydrogens (tertiary/aromatic N) is 2. The quantitative estimate of drug-likeness (QED) is 0.640. The van der Waals surface area contributed by atoms with Gasteiger partial charge < -0.3 is 15.1 Å². The fraction of sp³-hybridized carbons (Fsp3) is 0.579. The van der Waals surface area contributed by atoms with E-state index in [2.05, 4.69) is 16.3 Å². The Bertz CT molecular complexity index is 623. The van der Waals surface area contributed by atoms with Gasteiger partial charge in [0.05, 0.1) is 0 Å². The molecule has 0 saturated heterocycles. The van der Waals surface area contributed by atoms with Gasteiger partial charge in [-0.2, -0.15) is 0 Å². The van der Waals surface area contributed by atoms with Gasteiger partial charge >= 0.3 is 0 Å². The molecule has 5 heteroatoms. The van der Waals surface area contributed by atoms with Crippen molar-refractivity contribution < 1.29 is 9.59 Å². The summed E-state index contributed by atoms with van der Waals surface area (Å²) in [6.07, 6.45) is 4.20. The van der Waals surface area contributed by atoms with Crippen LogP contribution >= 0.6 is 0 Å². The summed E-state index contributed by atoms with van der Waals surface area (Å²) in [7, 11) is 4.03. The first-order valence-corrected chi connectivity index (χ1v) is 8.87. The summed E-state index contributed by atoms with van der Waals surface area (Å²) in [6.45, 7) is 2.27. The minimum Gasteiger partial charge on any atom is -0.355 e. The molecule has 130 valence electrons. The Hall–Kier alpha value is -1.88. The molecule has 3 rings (SSSR count). The molecule has 1 aliphatic heterocycles. The number of benzene rings is 1. The van der Waals surface area contributed by atoms with Gasteiger partial charge in [-0.25, -0.2) is 0 Å². The number of hydrogen-bond acceptors (Lipinski definition) is 3. The van der Waals surface area contributed by atoms with Crippen LogP contribution in [0.5, 0.6) is 0 Å². The molecule has 1 aromatic carbocycles. The largest absolute Gasteiger partial charge is 0.355 e. The number of para-hydroxylation sites is 1. The van der Waals surface area contributed by atoms with E-state index in [1.807, 2.05) is 37.2 Å². The topological polar surface area (TPSA) is 52.7 Å². The molecular formula is C19H27N3O2. The number of hydrogen-bond donors (Lipinski definition) is 1. The molecule has 1 aliphatic carbocycles. The van der Waals surface area contributed by atoms with Crippen molar-refractivity contribution in [3.8, 4) is 0 Å². The molecule has 2 aliphatic rings. The maximum Gasteiger partial charge on any atom is 0.242 e. The molecule has 5 nitrogen and oxygen atoms in total. The molecule has 1 aromatic rings. The number of aryl methyl sites for hydroxylation is 1. The number of carbonyl (C=O) groups excluding carboxylic acids is 2. The van der Waals surface area contributed by atoms with Crippen molar-refractivity contribution in [2.75, 3.05) is 38.6 Å². The molecular weight excluding hydrogens is 302 g/mol. The highest BCUT2D eigenvalue weighted by Gasteiger charge is 2.58. The molecule has 0 spiro atoms. The third-order valence-electron chi connectivity index (χ3n) is 5.02. The van der Waals surface area contributed by atoms with Gasteiger partial charge in [-0.1, -0.05) is 18.2 Å². The smallest absolute Gasteiger partial charge is 0.242 e. The molecule has 0 atom stereocenters. The van der Waals surface area contributed by atoms with E-state index in [9.17, 15) is 9.59 Å². The Morgan fingerprint density at radius 3 is 2.71 bits per heavy atom. The summed E-state index contributed by atoms with van der Waals surface area (Å²) in [5.74, 6) is -0.103. The van der Waals surface area contributed by atoms with Crippen molar-refractivity contribution >= 4 is 17.5 Å². The molecule has 0 radical (unpaired) electrons. The number of amides is 2. The SMILES string of the molecule is CN(C)CCCNC(=O)C1(C(=O)N2CCCc3ccccc32)CC1. The van der Waals surface area contributed by atoms with E-state index in [1.165, 1.54) is 5.56 Å². The summed E-state index contributed by atoms with van der Waals surface area (Å²) in [5, 5.41) is 2.97. The van der Waals surface area contributed by atoms with Crippen molar-refractivity contribution in [3.63, 3.8) is 0 Å². The van der Waals surface area contributed by atoms with Crippen molar-refractivity contribution in [2.45, 2.75) is 32.1 Å². The third-order valence-corrected chi connectivity index (χ3v) is 5.02. The zero-order chi connectivity index (χ0) is 17.2. The molecule has 1 N–H and O–H groups in total. The van der Waals surface area contributed by atoms with E-state index in [-0.39, 0.29) is 11.8 Å². The number of fused-ring (bicyclic) bond motifs is 1. The fourth-order valence-corrected chi connectivity index (χ4v) is 3.43. The van der Waals surface area contributed by atoms with E-state index in [0.29, 0.717) is 25.9 Å². The summed E-state index contributed by atoms with van der Waals surface area (Å²) in [4.78, 5) is 29.6. The van der Waals surface area contributed by atoms with Crippen molar-refractivity contribution in [1.82, 2.24) is 10.2 Å². The summed E-state index contributed by atoms with van der Waals surface area (Å²) in [5.41, 5.74) is 1.38. The molecule has 0 aromatic heterocycles. The molecule has 0 unspecified atom stereocenters. The van der Waals surface area contributed by atoms with Gasteiger partial charge in [-0.3, -0.25) is 9.59 Å². The summed E-state index contributed by atoms with van der Waals surface area (Å²) in [6, 6.07) is 8.05. The second kappa shape index (κ2) is 6.93. The zero-order valence-corrected chi connectivity index (χ0v) is 14.7. The number of carbonyl (C=O) groups is 2. The Kier molecular flexibility index (Phi) is 4.90. The van der Waals surface area contributed by atoms with Crippen LogP contribution in [0.15, 0.2) is 24.3 Å². The van der Waals surface area contributed by atoms with Gasteiger partial charge in [-0.05, 0) is 64.4 Å². The van der Waals surface area contributed by atoms with E-state index in [0.717, 1.165) is 31.5 Å². The molecule has 2 amide bonds. The lowest BCUT2D eigenvalue weighted by molar-refractivity contribution is -0.135. The lowest BCUT2D eigenvalue weighted by Crippen LogP contribution is -2.47. The van der Waals surface area contributed by atoms with Crippen LogP contribution in [0, 0.1) is 5.41 Å². The van der Waals surface area contributed by atoms with Crippen LogP contribution in [-0.4, -0.2) is 50.4 Å². The lowest BCUT2D eigenvalue weighted by Gasteiger charge is -2.32. The van der Waals surface area contributed by atoms with Crippen molar-refractivity contribution in [1.29, 1.82) is 0 Å². The lowest BCUT2D eigenvalue weighted by atomic mass is 9.97. The van der Waals surface area contributed by atoms with E-state index >= 15 is 0 Å². The van der Waals surface area contributed by atoms with Gasteiger partial charge in [0.2, 0.25) is 11.8 Å². The van der Waals surface area contributed by atoms with Crippen molar-refractivity contribution in [2.24, 2.45) is 5.41 Å². The van der Waals surface area contributed by atoms with Gasteiger partial charge in [0.25, 0.3) is 0 Å². The fourth-order valence-electron chi connectivity index (χ4n) is 3.43. The second-order valence-corrected chi connectivity index (χ2v) is 7.18. The minimum atomic E-state index is -0.817. The Morgan fingerprint density at radius 2 is 2.00 bits per heavy atom. The Morgan fingerprint density at radius 1 is 1.25 bits per heavy atom. The summed E-state index contributed by atoms with van der Waals surface area (Å²) < 4.78 is 0. The molecule has 0 bridgehead atoms. The van der Waals surface area contributed by atoms with Gasteiger partial charge in [-0.15, -0.1) is 0 Å². The third kappa shape index (κ3) is 3.31. The van der Waals surface area contributed by atoms with Crippen LogP contribution in [0.4, 0.5) is 5.69 Å². The van der Waals surface area contributed by atoms with Gasteiger partial charge in [0.1, 0.15) is 5.41 Å². The average Bonchev–Trinajstić information content (AvgIpc) is 3.39. The highest BCUT2D eigenvalue weighted by molar-refractivity contribution is 6.14. The van der Waals surface area contributed by atoms with Crippen LogP contribution in [0.1, 0.15) is 31.2 Å². The molecule has 24 heavy (non-hydrogen) atoms. The predicted octanol–water partition coefficient (Wildman–Crippen LogP) is 1.81. The molecule has 1 saturated carbocycles. The predicted molar refractivity (Wildman–Crippen MR) is 95.0 cm³/mol. The standard InChI is InChI=1S/C19H27N3O2/c1-21(2)13-6-12-20-17(23)19(10-11-19)18(24)22-14-5-8-15-7-3-4-9-16(15)22/h3-4,7,9H,5-6,8,10-14H2,1-2H3,(H,20,23). The first kappa shape index (κ1) is 17.0. The highest BCUT2D eigenvalue weighted by Crippen LogP contribution is 2.48. The Balaban J connectivity index is 1.65. The number of anilines is 1. The molecule has 1 fully saturated rings. The van der Waals surface area contributed by atoms with Crippen LogP contribution in [0.2, 0.25) is 0 Å². The van der Waals surface area contributed by atoms with Crippen LogP contribution in [-0.2, 0) is 16.0 Å². The van der Waals surface area contributed by atoms with E-state index < -0.39 is 5.41 Å². The zero-order valence-electron chi connectivity index (χ0n) is 14.7. The highest BCUT2D eigenvalue weighted by atomic mass is 16.2. The summed E-state index contributed by atoms with van der Waals surface area (Å²) >= 11 is 0. The number of nitrogens with one attached hydrogen (secondary N) is 1. The van der Waals surface area contributed by atoms with E-state index in [4.69, 9.17) is 0 Å². The van der Waals surface area contributed by atoms with Crippen LogP contribution in [0.3, 0.4) is 0 Å². The maximum absolute atomic E-state index is 13.1. The minimum absolute atomic E-state index is 0.0141. The average molecular weight is 329 g/mol. The van der Waals surface area contributed by atoms with Crippen LogP contribution in [0.25, 0.3) is 0 Å². The molecule has 1 heterocycles.